The lowest BCUT2D eigenvalue weighted by molar-refractivity contribution is 0.447. The van der Waals surface area contributed by atoms with Crippen LogP contribution in [0.2, 0.25) is 0 Å². The number of benzene rings is 3. The van der Waals surface area contributed by atoms with Gasteiger partial charge in [-0.15, -0.1) is 17.7 Å². The smallest absolute Gasteiger partial charge is 0.145 e. The first-order chi connectivity index (χ1) is 12.6. The zero-order chi connectivity index (χ0) is 17.8. The second-order valence-corrected chi connectivity index (χ2v) is 6.88. The van der Waals surface area contributed by atoms with E-state index in [1.165, 1.54) is 28.6 Å². The monoisotopic (exact) mass is 361 g/mol. The topological polar surface area (TPSA) is 71.2 Å². The second-order valence-electron chi connectivity index (χ2n) is 6.46. The molecule has 2 N–H and O–H groups in total. The maximum absolute atomic E-state index is 10.3. The van der Waals surface area contributed by atoms with Crippen LogP contribution in [0.5, 0.6) is 11.5 Å². The van der Waals surface area contributed by atoms with Gasteiger partial charge in [-0.1, -0.05) is 35.5 Å². The average Bonchev–Trinajstić information content (AvgIpc) is 3.21. The van der Waals surface area contributed by atoms with Gasteiger partial charge in [0.25, 0.3) is 0 Å². The molecule has 1 aliphatic carbocycles. The van der Waals surface area contributed by atoms with Gasteiger partial charge in [0.1, 0.15) is 27.9 Å². The van der Waals surface area contributed by atoms with Crippen molar-refractivity contribution >= 4 is 23.4 Å². The molecule has 0 radical (unpaired) electrons. The molecule has 4 aromatic rings. The minimum absolute atomic E-state index is 0.00986. The first-order valence-corrected chi connectivity index (χ1v) is 8.79. The Bertz CT molecular complexity index is 1170. The number of thiol groups is 1. The van der Waals surface area contributed by atoms with Gasteiger partial charge in [0.05, 0.1) is 0 Å². The molecule has 5 nitrogen and oxygen atoms in total. The van der Waals surface area contributed by atoms with Crippen molar-refractivity contribution in [3.63, 3.8) is 0 Å². The molecule has 1 aliphatic rings. The van der Waals surface area contributed by atoms with Gasteiger partial charge in [-0.05, 0) is 46.9 Å². The molecule has 0 spiro atoms. The van der Waals surface area contributed by atoms with E-state index >= 15 is 0 Å². The Balaban J connectivity index is 1.81. The molecule has 26 heavy (non-hydrogen) atoms. The van der Waals surface area contributed by atoms with Gasteiger partial charge in [0.15, 0.2) is 0 Å². The summed E-state index contributed by atoms with van der Waals surface area (Å²) in [4.78, 5) is 0. The van der Waals surface area contributed by atoms with E-state index in [1.807, 2.05) is 0 Å². The molecule has 128 valence electrons. The lowest BCUT2D eigenvalue weighted by Crippen LogP contribution is -2.00. The molecule has 0 bridgehead atoms. The van der Waals surface area contributed by atoms with Crippen LogP contribution in [0.1, 0.15) is 11.1 Å². The second kappa shape index (κ2) is 5.51. The van der Waals surface area contributed by atoms with E-state index in [9.17, 15) is 10.2 Å². The van der Waals surface area contributed by atoms with E-state index in [0.29, 0.717) is 16.4 Å². The number of rotatable bonds is 2. The highest BCUT2D eigenvalue weighted by atomic mass is 32.1. The Kier molecular flexibility index (Phi) is 3.24. The predicted molar refractivity (Wildman–Crippen MR) is 102 cm³/mol. The SMILES string of the molecule is Oc1ccc(-n2nnc(S)c2-c2ccc3c4c(cccc24)CC3)c(O)c1. The fourth-order valence-corrected chi connectivity index (χ4v) is 4.08. The summed E-state index contributed by atoms with van der Waals surface area (Å²) in [6, 6.07) is 15.0. The predicted octanol–water partition coefficient (Wildman–Crippen LogP) is 3.89. The van der Waals surface area contributed by atoms with Crippen molar-refractivity contribution in [2.45, 2.75) is 17.9 Å². The van der Waals surface area contributed by atoms with Crippen LogP contribution in [0.3, 0.4) is 0 Å². The summed E-state index contributed by atoms with van der Waals surface area (Å²) in [5, 5.41) is 31.0. The Hall–Kier alpha value is -2.99. The largest absolute Gasteiger partial charge is 0.508 e. The Morgan fingerprint density at radius 3 is 2.58 bits per heavy atom. The lowest BCUT2D eigenvalue weighted by atomic mass is 9.98. The van der Waals surface area contributed by atoms with Crippen molar-refractivity contribution in [3.8, 4) is 28.4 Å². The molecule has 0 unspecified atom stereocenters. The minimum Gasteiger partial charge on any atom is -0.508 e. The number of hydrogen-bond donors (Lipinski definition) is 3. The number of phenols is 2. The normalized spacial score (nSPS) is 12.8. The quantitative estimate of drug-likeness (QED) is 0.474. The lowest BCUT2D eigenvalue weighted by Gasteiger charge is -2.12. The number of aromatic nitrogens is 3. The molecule has 6 heteroatoms. The highest BCUT2D eigenvalue weighted by molar-refractivity contribution is 7.80. The van der Waals surface area contributed by atoms with Crippen LogP contribution in [-0.4, -0.2) is 25.2 Å². The van der Waals surface area contributed by atoms with Crippen molar-refractivity contribution in [2.75, 3.05) is 0 Å². The standard InChI is InChI=1S/C20H15N3O2S/c24-13-7-9-16(17(25)10-13)23-19(20(26)21-22-23)15-8-6-12-5-4-11-2-1-3-14(15)18(11)12/h1-3,6-10,24-26H,4-5H2. The van der Waals surface area contributed by atoms with E-state index < -0.39 is 0 Å². The molecule has 0 aliphatic heterocycles. The molecule has 0 atom stereocenters. The summed E-state index contributed by atoms with van der Waals surface area (Å²) >= 11 is 4.50. The van der Waals surface area contributed by atoms with Crippen molar-refractivity contribution in [1.82, 2.24) is 15.0 Å². The molecular weight excluding hydrogens is 346 g/mol. The number of aromatic hydroxyl groups is 2. The van der Waals surface area contributed by atoms with Gasteiger partial charge in [-0.2, -0.15) is 0 Å². The molecule has 1 aromatic heterocycles. The van der Waals surface area contributed by atoms with Crippen molar-refractivity contribution in [2.24, 2.45) is 0 Å². The van der Waals surface area contributed by atoms with Crippen LogP contribution in [0, 0.1) is 0 Å². The van der Waals surface area contributed by atoms with Gasteiger partial charge in [0.2, 0.25) is 0 Å². The third kappa shape index (κ3) is 2.12. The molecule has 0 saturated heterocycles. The summed E-state index contributed by atoms with van der Waals surface area (Å²) in [6.45, 7) is 0. The van der Waals surface area contributed by atoms with E-state index in [1.54, 1.807) is 10.7 Å². The van der Waals surface area contributed by atoms with E-state index in [0.717, 1.165) is 23.8 Å². The fraction of sp³-hybridized carbons (Fsp3) is 0.100. The Morgan fingerprint density at radius 1 is 0.962 bits per heavy atom. The molecular formula is C20H15N3O2S. The van der Waals surface area contributed by atoms with Gasteiger partial charge >= 0.3 is 0 Å². The van der Waals surface area contributed by atoms with Crippen LogP contribution in [0.4, 0.5) is 0 Å². The summed E-state index contributed by atoms with van der Waals surface area (Å²) in [6.07, 6.45) is 2.11. The third-order valence-corrected chi connectivity index (χ3v) is 5.27. The molecule has 0 fully saturated rings. The highest BCUT2D eigenvalue weighted by Crippen LogP contribution is 2.40. The van der Waals surface area contributed by atoms with E-state index in [4.69, 9.17) is 0 Å². The first kappa shape index (κ1) is 15.3. The van der Waals surface area contributed by atoms with Crippen molar-refractivity contribution < 1.29 is 10.2 Å². The van der Waals surface area contributed by atoms with Gasteiger partial charge in [-0.25, -0.2) is 4.68 Å². The maximum atomic E-state index is 10.3. The third-order valence-electron chi connectivity index (χ3n) is 4.97. The summed E-state index contributed by atoms with van der Waals surface area (Å²) in [5.41, 5.74) is 4.83. The highest BCUT2D eigenvalue weighted by Gasteiger charge is 2.22. The van der Waals surface area contributed by atoms with Crippen LogP contribution >= 0.6 is 12.6 Å². The molecule has 0 saturated carbocycles. The number of phenolic OH excluding ortho intramolecular Hbond substituents is 2. The number of hydrogen-bond acceptors (Lipinski definition) is 5. The zero-order valence-electron chi connectivity index (χ0n) is 13.7. The van der Waals surface area contributed by atoms with Crippen molar-refractivity contribution in [1.29, 1.82) is 0 Å². The van der Waals surface area contributed by atoms with Crippen LogP contribution in [0.25, 0.3) is 27.7 Å². The van der Waals surface area contributed by atoms with E-state index in [-0.39, 0.29) is 11.5 Å². The molecule has 5 rings (SSSR count). The molecule has 3 aromatic carbocycles. The van der Waals surface area contributed by atoms with Gasteiger partial charge in [-0.3, -0.25) is 0 Å². The van der Waals surface area contributed by atoms with Crippen LogP contribution in [0.15, 0.2) is 53.6 Å². The Labute approximate surface area is 154 Å². The average molecular weight is 361 g/mol. The molecule has 0 amide bonds. The molecule has 1 heterocycles. The zero-order valence-corrected chi connectivity index (χ0v) is 14.6. The minimum atomic E-state index is -0.0737. The summed E-state index contributed by atoms with van der Waals surface area (Å²) < 4.78 is 1.57. The number of aryl methyl sites for hydroxylation is 2. The fourth-order valence-electron chi connectivity index (χ4n) is 3.82. The number of nitrogens with zero attached hydrogens (tertiary/aromatic N) is 3. The van der Waals surface area contributed by atoms with Crippen LogP contribution < -0.4 is 0 Å². The summed E-state index contributed by atoms with van der Waals surface area (Å²) in [5.74, 6) is -0.0836. The first-order valence-electron chi connectivity index (χ1n) is 8.34. The van der Waals surface area contributed by atoms with Gasteiger partial charge < -0.3 is 10.2 Å². The maximum Gasteiger partial charge on any atom is 0.145 e. The van der Waals surface area contributed by atoms with Crippen LogP contribution in [-0.2, 0) is 12.8 Å². The van der Waals surface area contributed by atoms with Gasteiger partial charge in [0, 0.05) is 11.6 Å². The summed E-state index contributed by atoms with van der Waals surface area (Å²) in [7, 11) is 0. The van der Waals surface area contributed by atoms with E-state index in [2.05, 4.69) is 53.3 Å². The van der Waals surface area contributed by atoms with Crippen molar-refractivity contribution in [3.05, 3.63) is 59.7 Å². The Morgan fingerprint density at radius 2 is 1.77 bits per heavy atom.